The number of hydrogen-bond donors (Lipinski definition) is 0. The number of nitrogens with zero attached hydrogens (tertiary/aromatic N) is 3. The molecule has 14 rings (SSSR count). The predicted molar refractivity (Wildman–Crippen MR) is 297 cm³/mol. The van der Waals surface area contributed by atoms with Crippen molar-refractivity contribution in [3.63, 3.8) is 0 Å². The van der Waals surface area contributed by atoms with E-state index in [4.69, 9.17) is 0 Å². The van der Waals surface area contributed by atoms with Crippen LogP contribution < -0.4 is 26.2 Å². The lowest BCUT2D eigenvalue weighted by molar-refractivity contribution is 1.18. The monoisotopic (exact) mass is 889 g/mol. The van der Waals surface area contributed by atoms with Crippen molar-refractivity contribution in [2.45, 2.75) is 0 Å². The highest BCUT2D eigenvalue weighted by Crippen LogP contribution is 2.49. The van der Waals surface area contributed by atoms with E-state index in [9.17, 15) is 0 Å². The first-order valence-corrected chi connectivity index (χ1v) is 24.2. The average molecular weight is 890 g/mol. The highest BCUT2D eigenvalue weighted by molar-refractivity contribution is 7.00. The van der Waals surface area contributed by atoms with Crippen LogP contribution >= 0.6 is 0 Å². The minimum absolute atomic E-state index is 0.0684. The summed E-state index contributed by atoms with van der Waals surface area (Å²) in [6, 6.07) is 98.1. The van der Waals surface area contributed by atoms with Gasteiger partial charge < -0.3 is 14.4 Å². The highest BCUT2D eigenvalue weighted by Gasteiger charge is 2.44. The zero-order valence-corrected chi connectivity index (χ0v) is 38.3. The molecule has 0 spiro atoms. The molecule has 0 saturated carbocycles. The van der Waals surface area contributed by atoms with Gasteiger partial charge in [-0.25, -0.2) is 0 Å². The van der Waals surface area contributed by atoms with Crippen LogP contribution in [0.1, 0.15) is 0 Å². The first-order valence-electron chi connectivity index (χ1n) is 24.2. The fraction of sp³-hybridized carbons (Fsp3) is 0. The number of anilines is 6. The molecule has 2 aliphatic rings. The Morgan fingerprint density at radius 1 is 0.271 bits per heavy atom. The predicted octanol–water partition coefficient (Wildman–Crippen LogP) is 15.5. The van der Waals surface area contributed by atoms with E-state index in [2.05, 4.69) is 281 Å². The second-order valence-electron chi connectivity index (χ2n) is 18.4. The molecule has 0 amide bonds. The van der Waals surface area contributed by atoms with Gasteiger partial charge in [0, 0.05) is 44.9 Å². The third kappa shape index (κ3) is 6.38. The van der Waals surface area contributed by atoms with Gasteiger partial charge in [-0.15, -0.1) is 0 Å². The van der Waals surface area contributed by atoms with Gasteiger partial charge in [0.1, 0.15) is 0 Å². The summed E-state index contributed by atoms with van der Waals surface area (Å²) in [4.78, 5) is 5.08. The summed E-state index contributed by atoms with van der Waals surface area (Å²) in [7, 11) is 0. The Hall–Kier alpha value is -9.12. The maximum absolute atomic E-state index is 2.57. The van der Waals surface area contributed by atoms with Gasteiger partial charge in [0.25, 0.3) is 6.71 Å². The maximum atomic E-state index is 2.57. The van der Waals surface area contributed by atoms with Gasteiger partial charge in [0.2, 0.25) is 0 Å². The third-order valence-electron chi connectivity index (χ3n) is 14.5. The molecule has 3 nitrogen and oxygen atoms in total. The summed E-state index contributed by atoms with van der Waals surface area (Å²) in [6.07, 6.45) is 0. The van der Waals surface area contributed by atoms with E-state index in [1.807, 2.05) is 0 Å². The number of rotatable bonds is 7. The summed E-state index contributed by atoms with van der Waals surface area (Å²) < 4.78 is 2.48. The molecule has 0 radical (unpaired) electrons. The second kappa shape index (κ2) is 16.3. The highest BCUT2D eigenvalue weighted by atomic mass is 15.2. The molecule has 0 bridgehead atoms. The van der Waals surface area contributed by atoms with Gasteiger partial charge in [-0.3, -0.25) is 0 Å². The molecular formula is C66H44BN3. The molecule has 1 aromatic heterocycles. The molecule has 70 heavy (non-hydrogen) atoms. The van der Waals surface area contributed by atoms with E-state index in [0.717, 1.165) is 17.1 Å². The zero-order chi connectivity index (χ0) is 46.1. The summed E-state index contributed by atoms with van der Waals surface area (Å²) in [5.74, 6) is 0. The molecule has 326 valence electrons. The van der Waals surface area contributed by atoms with E-state index in [1.54, 1.807) is 0 Å². The Kier molecular flexibility index (Phi) is 9.31. The van der Waals surface area contributed by atoms with Crippen LogP contribution in [0, 0.1) is 0 Å². The molecule has 0 unspecified atom stereocenters. The van der Waals surface area contributed by atoms with E-state index < -0.39 is 0 Å². The van der Waals surface area contributed by atoms with Crippen LogP contribution in [0.15, 0.2) is 267 Å². The van der Waals surface area contributed by atoms with Crippen LogP contribution in [-0.4, -0.2) is 11.3 Å². The smallest absolute Gasteiger partial charge is 0.252 e. The van der Waals surface area contributed by atoms with Crippen molar-refractivity contribution in [2.75, 3.05) is 9.80 Å². The Balaban J connectivity index is 1.06. The minimum atomic E-state index is -0.0684. The molecule has 11 aromatic carbocycles. The fourth-order valence-electron chi connectivity index (χ4n) is 11.5. The lowest BCUT2D eigenvalue weighted by Gasteiger charge is -2.44. The zero-order valence-electron chi connectivity index (χ0n) is 38.3. The molecule has 0 atom stereocenters. The Bertz CT molecular complexity index is 3940. The topological polar surface area (TPSA) is 11.4 Å². The van der Waals surface area contributed by atoms with Crippen LogP contribution in [0.5, 0.6) is 0 Å². The van der Waals surface area contributed by atoms with E-state index in [1.165, 1.54) is 105 Å². The van der Waals surface area contributed by atoms with Gasteiger partial charge in [0.05, 0.1) is 16.7 Å². The number of para-hydroxylation sites is 1. The molecule has 0 saturated heterocycles. The number of fused-ring (bicyclic) bond motifs is 8. The van der Waals surface area contributed by atoms with Crippen LogP contribution in [-0.2, 0) is 0 Å². The Labute approximate surface area is 408 Å². The quantitative estimate of drug-likeness (QED) is 0.148. The normalized spacial score (nSPS) is 12.5. The number of benzene rings is 11. The molecular weight excluding hydrogens is 846 g/mol. The molecule has 2 aliphatic heterocycles. The van der Waals surface area contributed by atoms with Crippen molar-refractivity contribution in [3.8, 4) is 50.2 Å². The van der Waals surface area contributed by atoms with E-state index >= 15 is 0 Å². The maximum Gasteiger partial charge on any atom is 0.252 e. The summed E-state index contributed by atoms with van der Waals surface area (Å²) in [5.41, 5.74) is 23.9. The molecule has 3 heterocycles. The van der Waals surface area contributed by atoms with Crippen molar-refractivity contribution in [1.82, 2.24) is 4.57 Å². The van der Waals surface area contributed by atoms with Gasteiger partial charge in [-0.2, -0.15) is 0 Å². The van der Waals surface area contributed by atoms with Crippen molar-refractivity contribution >= 4 is 79.0 Å². The molecule has 0 aliphatic carbocycles. The Morgan fingerprint density at radius 2 is 0.757 bits per heavy atom. The molecule has 12 aromatic rings. The fourth-order valence-corrected chi connectivity index (χ4v) is 11.5. The summed E-state index contributed by atoms with van der Waals surface area (Å²) in [5, 5.41) is 2.46. The van der Waals surface area contributed by atoms with Crippen molar-refractivity contribution < 1.29 is 0 Å². The summed E-state index contributed by atoms with van der Waals surface area (Å²) in [6.45, 7) is -0.0684. The summed E-state index contributed by atoms with van der Waals surface area (Å²) >= 11 is 0. The van der Waals surface area contributed by atoms with E-state index in [-0.39, 0.29) is 6.71 Å². The van der Waals surface area contributed by atoms with Crippen molar-refractivity contribution in [3.05, 3.63) is 267 Å². The first-order chi connectivity index (χ1) is 34.7. The van der Waals surface area contributed by atoms with Crippen LogP contribution in [0.4, 0.5) is 34.1 Å². The second-order valence-corrected chi connectivity index (χ2v) is 18.4. The molecule has 0 N–H and O–H groups in total. The first kappa shape index (κ1) is 40.0. The largest absolute Gasteiger partial charge is 0.311 e. The molecule has 4 heteroatoms. The van der Waals surface area contributed by atoms with Crippen molar-refractivity contribution in [2.24, 2.45) is 0 Å². The van der Waals surface area contributed by atoms with Gasteiger partial charge in [0.15, 0.2) is 0 Å². The number of hydrogen-bond acceptors (Lipinski definition) is 2. The van der Waals surface area contributed by atoms with Crippen LogP contribution in [0.25, 0.3) is 72.0 Å². The van der Waals surface area contributed by atoms with E-state index in [0.29, 0.717) is 0 Å². The lowest BCUT2D eigenvalue weighted by Crippen LogP contribution is -2.61. The Morgan fingerprint density at radius 3 is 1.40 bits per heavy atom. The minimum Gasteiger partial charge on any atom is -0.311 e. The van der Waals surface area contributed by atoms with Crippen molar-refractivity contribution in [1.29, 1.82) is 0 Å². The lowest BCUT2D eigenvalue weighted by atomic mass is 9.33. The van der Waals surface area contributed by atoms with Crippen LogP contribution in [0.2, 0.25) is 0 Å². The van der Waals surface area contributed by atoms with Crippen LogP contribution in [0.3, 0.4) is 0 Å². The van der Waals surface area contributed by atoms with Gasteiger partial charge in [-0.1, -0.05) is 200 Å². The standard InChI is InChI=1S/C66H44BN3/c1-5-18-45(19-6-1)49-34-37-53(38-35-49)70-63-33-17-32-62-65(63)67(58-44-52(48-24-11-4-12-25-48)36-40-60(58)69(62)55-29-16-27-51(43-55)47-22-9-3-10-23-47)57-39-41-61-64(66(57)70)56-30-13-14-31-59(56)68(61)54-28-15-26-50(42-54)46-20-7-2-8-21-46/h1-44H. The SMILES string of the molecule is c1ccc(-c2ccc(N3c4cccc5c4B(c4cc(-c6ccccc6)ccc4N5c4cccc(-c5ccccc5)c4)c4ccc5c(c43)c3ccccc3n5-c3cccc(-c4ccccc4)c3)cc2)cc1. The third-order valence-corrected chi connectivity index (χ3v) is 14.5. The average Bonchev–Trinajstić information content (AvgIpc) is 3.79. The van der Waals surface area contributed by atoms with Gasteiger partial charge in [-0.05, 0) is 128 Å². The molecule has 0 fully saturated rings. The van der Waals surface area contributed by atoms with Gasteiger partial charge >= 0.3 is 0 Å². The number of aromatic nitrogens is 1.